The van der Waals surface area contributed by atoms with Crippen LogP contribution >= 0.6 is 15.9 Å². The van der Waals surface area contributed by atoms with Crippen molar-refractivity contribution in [3.63, 3.8) is 0 Å². The van der Waals surface area contributed by atoms with Gasteiger partial charge in [0.25, 0.3) is 0 Å². The molecule has 0 bridgehead atoms. The molecule has 1 amide bonds. The third kappa shape index (κ3) is 1.06. The number of carbonyl (C=O) groups excluding carboxylic acids is 1. The molecule has 4 heteroatoms. The first-order valence-corrected chi connectivity index (χ1v) is 5.74. The van der Waals surface area contributed by atoms with Crippen molar-refractivity contribution in [3.8, 4) is 0 Å². The van der Waals surface area contributed by atoms with Crippen molar-refractivity contribution in [2.45, 2.75) is 24.7 Å². The number of halogens is 2. The van der Waals surface area contributed by atoms with Gasteiger partial charge in [0.15, 0.2) is 0 Å². The van der Waals surface area contributed by atoms with E-state index in [2.05, 4.69) is 21.2 Å². The molecule has 0 aromatic heterocycles. The standard InChI is InChI=1S/C11H9BrFNO/c12-8-5-6(13)4-7-9(8)14-10(15)11(7)2-1-3-11/h4-5H,1-3H2,(H,14,15). The fourth-order valence-corrected chi connectivity index (χ4v) is 2.99. The van der Waals surface area contributed by atoms with Crippen molar-refractivity contribution in [2.75, 3.05) is 5.32 Å². The van der Waals surface area contributed by atoms with Crippen LogP contribution in [0, 0.1) is 5.82 Å². The van der Waals surface area contributed by atoms with E-state index in [0.717, 1.165) is 30.5 Å². The predicted octanol–water partition coefficient (Wildman–Crippen LogP) is 2.96. The second-order valence-corrected chi connectivity index (χ2v) is 5.05. The summed E-state index contributed by atoms with van der Waals surface area (Å²) in [7, 11) is 0. The summed E-state index contributed by atoms with van der Waals surface area (Å²) >= 11 is 3.28. The molecule has 15 heavy (non-hydrogen) atoms. The number of benzene rings is 1. The number of fused-ring (bicyclic) bond motifs is 2. The summed E-state index contributed by atoms with van der Waals surface area (Å²) < 4.78 is 13.9. The van der Waals surface area contributed by atoms with Gasteiger partial charge in [-0.1, -0.05) is 6.42 Å². The average molecular weight is 270 g/mol. The first kappa shape index (κ1) is 9.33. The van der Waals surface area contributed by atoms with E-state index in [1.165, 1.54) is 12.1 Å². The van der Waals surface area contributed by atoms with Crippen LogP contribution in [0.25, 0.3) is 0 Å². The molecule has 0 unspecified atom stereocenters. The summed E-state index contributed by atoms with van der Waals surface area (Å²) in [5.74, 6) is -0.265. The van der Waals surface area contributed by atoms with E-state index in [9.17, 15) is 9.18 Å². The summed E-state index contributed by atoms with van der Waals surface area (Å²) in [4.78, 5) is 11.8. The lowest BCUT2D eigenvalue weighted by Gasteiger charge is -2.36. The Bertz CT molecular complexity index is 468. The van der Waals surface area contributed by atoms with Crippen molar-refractivity contribution >= 4 is 27.5 Å². The van der Waals surface area contributed by atoms with Crippen LogP contribution in [-0.2, 0) is 10.2 Å². The minimum absolute atomic E-state index is 0.0232. The van der Waals surface area contributed by atoms with Crippen LogP contribution in [0.15, 0.2) is 16.6 Å². The molecular formula is C11H9BrFNO. The van der Waals surface area contributed by atoms with Gasteiger partial charge in [-0.25, -0.2) is 4.39 Å². The number of carbonyl (C=O) groups is 1. The lowest BCUT2D eigenvalue weighted by molar-refractivity contribution is -0.123. The normalized spacial score (nSPS) is 21.1. The van der Waals surface area contributed by atoms with Gasteiger partial charge in [-0.05, 0) is 46.5 Å². The minimum Gasteiger partial charge on any atom is -0.324 e. The van der Waals surface area contributed by atoms with E-state index in [0.29, 0.717) is 4.47 Å². The molecule has 1 aliphatic carbocycles. The average Bonchev–Trinajstić information content (AvgIpc) is 2.37. The number of rotatable bonds is 0. The molecule has 0 radical (unpaired) electrons. The van der Waals surface area contributed by atoms with Crippen LogP contribution in [0.5, 0.6) is 0 Å². The molecule has 1 fully saturated rings. The first-order valence-electron chi connectivity index (χ1n) is 4.94. The molecule has 0 saturated heterocycles. The molecule has 0 atom stereocenters. The van der Waals surface area contributed by atoms with Gasteiger partial charge in [-0.15, -0.1) is 0 Å². The first-order chi connectivity index (χ1) is 7.13. The van der Waals surface area contributed by atoms with E-state index >= 15 is 0 Å². The quantitative estimate of drug-likeness (QED) is 0.771. The third-order valence-corrected chi connectivity index (χ3v) is 4.08. The van der Waals surface area contributed by atoms with Gasteiger partial charge >= 0.3 is 0 Å². The van der Waals surface area contributed by atoms with Crippen LogP contribution in [-0.4, -0.2) is 5.91 Å². The number of hydrogen-bond donors (Lipinski definition) is 1. The summed E-state index contributed by atoms with van der Waals surface area (Å²) in [6.07, 6.45) is 2.71. The summed E-state index contributed by atoms with van der Waals surface area (Å²) in [5.41, 5.74) is 1.15. The highest BCUT2D eigenvalue weighted by Crippen LogP contribution is 2.52. The number of hydrogen-bond acceptors (Lipinski definition) is 1. The number of amides is 1. The zero-order valence-electron chi connectivity index (χ0n) is 7.94. The SMILES string of the molecule is O=C1Nc2c(Br)cc(F)cc2C12CCC2. The Hall–Kier alpha value is -0.900. The lowest BCUT2D eigenvalue weighted by atomic mass is 9.65. The topological polar surface area (TPSA) is 29.1 Å². The molecule has 1 saturated carbocycles. The Labute approximate surface area is 95.0 Å². The zero-order valence-corrected chi connectivity index (χ0v) is 9.53. The Kier molecular flexibility index (Phi) is 1.75. The van der Waals surface area contributed by atoms with Gasteiger partial charge in [0.05, 0.1) is 11.1 Å². The molecule has 1 aromatic rings. The molecule has 2 nitrogen and oxygen atoms in total. The van der Waals surface area contributed by atoms with Crippen LogP contribution in [0.3, 0.4) is 0 Å². The number of anilines is 1. The molecule has 3 rings (SSSR count). The molecule has 1 spiro atoms. The van der Waals surface area contributed by atoms with Crippen molar-refractivity contribution in [3.05, 3.63) is 28.0 Å². The van der Waals surface area contributed by atoms with E-state index in [4.69, 9.17) is 0 Å². The van der Waals surface area contributed by atoms with Gasteiger partial charge in [0.1, 0.15) is 5.82 Å². The van der Waals surface area contributed by atoms with Crippen LogP contribution in [0.2, 0.25) is 0 Å². The van der Waals surface area contributed by atoms with Crippen molar-refractivity contribution < 1.29 is 9.18 Å². The smallest absolute Gasteiger partial charge is 0.235 e. The molecule has 1 heterocycles. The predicted molar refractivity (Wildman–Crippen MR) is 58.3 cm³/mol. The monoisotopic (exact) mass is 269 g/mol. The van der Waals surface area contributed by atoms with Crippen LogP contribution in [0.4, 0.5) is 10.1 Å². The van der Waals surface area contributed by atoms with Crippen molar-refractivity contribution in [2.24, 2.45) is 0 Å². The Morgan fingerprint density at radius 1 is 1.40 bits per heavy atom. The van der Waals surface area contributed by atoms with Crippen LogP contribution < -0.4 is 5.32 Å². The molecule has 1 N–H and O–H groups in total. The highest BCUT2D eigenvalue weighted by Gasteiger charge is 2.51. The van der Waals surface area contributed by atoms with E-state index < -0.39 is 5.41 Å². The zero-order chi connectivity index (χ0) is 10.6. The Balaban J connectivity index is 2.24. The largest absolute Gasteiger partial charge is 0.324 e. The summed E-state index contributed by atoms with van der Waals surface area (Å²) in [6.45, 7) is 0. The lowest BCUT2D eigenvalue weighted by Crippen LogP contribution is -2.40. The maximum Gasteiger partial charge on any atom is 0.235 e. The minimum atomic E-state index is -0.431. The fourth-order valence-electron chi connectivity index (χ4n) is 2.46. The van der Waals surface area contributed by atoms with E-state index in [1.54, 1.807) is 0 Å². The second-order valence-electron chi connectivity index (χ2n) is 4.20. The highest BCUT2D eigenvalue weighted by molar-refractivity contribution is 9.10. The molecular weight excluding hydrogens is 261 g/mol. The van der Waals surface area contributed by atoms with Crippen molar-refractivity contribution in [1.29, 1.82) is 0 Å². The van der Waals surface area contributed by atoms with Gasteiger partial charge in [0.2, 0.25) is 5.91 Å². The van der Waals surface area contributed by atoms with Crippen LogP contribution in [0.1, 0.15) is 24.8 Å². The second kappa shape index (κ2) is 2.82. The van der Waals surface area contributed by atoms with Gasteiger partial charge < -0.3 is 5.32 Å². The van der Waals surface area contributed by atoms with E-state index in [1.807, 2.05) is 0 Å². The molecule has 78 valence electrons. The molecule has 2 aliphatic rings. The third-order valence-electron chi connectivity index (χ3n) is 3.45. The Morgan fingerprint density at radius 2 is 2.13 bits per heavy atom. The number of nitrogens with one attached hydrogen (secondary N) is 1. The van der Waals surface area contributed by atoms with Gasteiger partial charge in [0, 0.05) is 4.47 Å². The van der Waals surface area contributed by atoms with E-state index in [-0.39, 0.29) is 11.7 Å². The molecule has 1 aliphatic heterocycles. The summed E-state index contributed by atoms with van der Waals surface area (Å²) in [5, 5.41) is 2.83. The highest BCUT2D eigenvalue weighted by atomic mass is 79.9. The van der Waals surface area contributed by atoms with Gasteiger partial charge in [-0.2, -0.15) is 0 Å². The summed E-state index contributed by atoms with van der Waals surface area (Å²) in [6, 6.07) is 2.87. The maximum absolute atomic E-state index is 13.3. The fraction of sp³-hybridized carbons (Fsp3) is 0.364. The van der Waals surface area contributed by atoms with Crippen molar-refractivity contribution in [1.82, 2.24) is 0 Å². The molecule has 1 aromatic carbocycles. The van der Waals surface area contributed by atoms with Gasteiger partial charge in [-0.3, -0.25) is 4.79 Å². The maximum atomic E-state index is 13.3. The Morgan fingerprint density at radius 3 is 2.73 bits per heavy atom.